The van der Waals surface area contributed by atoms with E-state index in [1.807, 2.05) is 0 Å². The molecule has 0 saturated carbocycles. The molecule has 0 atom stereocenters. The first-order valence-electron chi connectivity index (χ1n) is 11.5. The Morgan fingerprint density at radius 2 is 1.21 bits per heavy atom. The summed E-state index contributed by atoms with van der Waals surface area (Å²) < 4.78 is 72.8. The summed E-state index contributed by atoms with van der Waals surface area (Å²) in [4.78, 5) is 12.5. The molecule has 10 heteroatoms. The minimum atomic E-state index is -4.25. The van der Waals surface area contributed by atoms with E-state index in [-0.39, 0.29) is 29.6 Å². The van der Waals surface area contributed by atoms with Crippen molar-refractivity contribution in [2.45, 2.75) is 18.0 Å². The average Bonchev–Trinajstić information content (AvgIpc) is 2.91. The number of halogens is 3. The molecule has 196 valence electrons. The van der Waals surface area contributed by atoms with Crippen LogP contribution in [0.4, 0.5) is 18.9 Å². The number of anilines is 1. The molecule has 38 heavy (non-hydrogen) atoms. The summed E-state index contributed by atoms with van der Waals surface area (Å²) >= 11 is 0. The summed E-state index contributed by atoms with van der Waals surface area (Å²) in [5, 5.41) is 2.67. The molecule has 0 saturated heterocycles. The molecule has 0 fully saturated rings. The standard InChI is InChI=1S/C28H23F3N2O4S/c29-22-5-1-21(2-6-22)19-37-26-13-3-20(4-14-26)17-32-28(34)18-33(25-11-7-23(30)8-12-25)38(35,36)27-15-9-24(31)10-16-27/h1-16H,17-19H2,(H,32,34). The van der Waals surface area contributed by atoms with Crippen LogP contribution >= 0.6 is 0 Å². The second kappa shape index (κ2) is 11.8. The van der Waals surface area contributed by atoms with Gasteiger partial charge < -0.3 is 10.1 Å². The lowest BCUT2D eigenvalue weighted by Crippen LogP contribution is -2.40. The van der Waals surface area contributed by atoms with Crippen LogP contribution in [-0.2, 0) is 28.0 Å². The van der Waals surface area contributed by atoms with Gasteiger partial charge in [-0.05, 0) is 83.9 Å². The highest BCUT2D eigenvalue weighted by Gasteiger charge is 2.27. The lowest BCUT2D eigenvalue weighted by Gasteiger charge is -2.24. The van der Waals surface area contributed by atoms with Crippen molar-refractivity contribution in [3.8, 4) is 5.75 Å². The fourth-order valence-electron chi connectivity index (χ4n) is 3.49. The van der Waals surface area contributed by atoms with Gasteiger partial charge in [0.15, 0.2) is 0 Å². The van der Waals surface area contributed by atoms with Gasteiger partial charge in [-0.1, -0.05) is 24.3 Å². The summed E-state index contributed by atoms with van der Waals surface area (Å²) in [7, 11) is -4.25. The molecule has 1 amide bonds. The number of amides is 1. The van der Waals surface area contributed by atoms with Crippen molar-refractivity contribution in [1.29, 1.82) is 0 Å². The Bertz CT molecular complexity index is 1480. The van der Waals surface area contributed by atoms with Gasteiger partial charge in [0.1, 0.15) is 36.4 Å². The van der Waals surface area contributed by atoms with Gasteiger partial charge >= 0.3 is 0 Å². The summed E-state index contributed by atoms with van der Waals surface area (Å²) in [5.74, 6) is -1.52. The van der Waals surface area contributed by atoms with Crippen LogP contribution in [0.5, 0.6) is 5.75 Å². The number of nitrogens with zero attached hydrogens (tertiary/aromatic N) is 1. The van der Waals surface area contributed by atoms with E-state index in [4.69, 9.17) is 4.74 Å². The van der Waals surface area contributed by atoms with Crippen molar-refractivity contribution in [1.82, 2.24) is 5.32 Å². The van der Waals surface area contributed by atoms with Gasteiger partial charge in [0.2, 0.25) is 5.91 Å². The van der Waals surface area contributed by atoms with E-state index in [1.54, 1.807) is 36.4 Å². The van der Waals surface area contributed by atoms with Gasteiger partial charge in [-0.2, -0.15) is 0 Å². The van der Waals surface area contributed by atoms with Crippen LogP contribution in [0.1, 0.15) is 11.1 Å². The van der Waals surface area contributed by atoms with Crippen molar-refractivity contribution >= 4 is 21.6 Å². The van der Waals surface area contributed by atoms with Crippen molar-refractivity contribution in [3.05, 3.63) is 126 Å². The number of hydrogen-bond donors (Lipinski definition) is 1. The predicted molar refractivity (Wildman–Crippen MR) is 136 cm³/mol. The number of carbonyl (C=O) groups is 1. The first-order chi connectivity index (χ1) is 18.2. The van der Waals surface area contributed by atoms with E-state index in [1.165, 1.54) is 24.3 Å². The van der Waals surface area contributed by atoms with E-state index in [0.717, 1.165) is 51.8 Å². The predicted octanol–water partition coefficient (Wildman–Crippen LogP) is 5.19. The van der Waals surface area contributed by atoms with Gasteiger partial charge in [-0.25, -0.2) is 21.6 Å². The molecule has 6 nitrogen and oxygen atoms in total. The average molecular weight is 541 g/mol. The highest BCUT2D eigenvalue weighted by atomic mass is 32.2. The molecule has 0 aliphatic carbocycles. The minimum Gasteiger partial charge on any atom is -0.489 e. The van der Waals surface area contributed by atoms with Crippen molar-refractivity contribution in [2.75, 3.05) is 10.8 Å². The van der Waals surface area contributed by atoms with Crippen molar-refractivity contribution in [2.24, 2.45) is 0 Å². The summed E-state index contributed by atoms with van der Waals surface area (Å²) in [6, 6.07) is 21.7. The number of carbonyl (C=O) groups excluding carboxylic acids is 1. The monoisotopic (exact) mass is 540 g/mol. The molecule has 0 unspecified atom stereocenters. The highest BCUT2D eigenvalue weighted by Crippen LogP contribution is 2.24. The zero-order chi connectivity index (χ0) is 27.1. The van der Waals surface area contributed by atoms with Crippen molar-refractivity contribution < 1.29 is 31.1 Å². The summed E-state index contributed by atoms with van der Waals surface area (Å²) in [5.41, 5.74) is 1.62. The van der Waals surface area contributed by atoms with E-state index in [9.17, 15) is 26.4 Å². The smallest absolute Gasteiger partial charge is 0.264 e. The Morgan fingerprint density at radius 1 is 0.711 bits per heavy atom. The van der Waals surface area contributed by atoms with Gasteiger partial charge in [0, 0.05) is 6.54 Å². The van der Waals surface area contributed by atoms with Gasteiger partial charge in [0.25, 0.3) is 10.0 Å². The Balaban J connectivity index is 1.40. The molecule has 0 aromatic heterocycles. The number of sulfonamides is 1. The Hall–Kier alpha value is -4.31. The minimum absolute atomic E-state index is 0.0773. The number of rotatable bonds is 10. The second-order valence-corrected chi connectivity index (χ2v) is 10.1. The summed E-state index contributed by atoms with van der Waals surface area (Å²) in [6.45, 7) is -0.201. The number of nitrogens with one attached hydrogen (secondary N) is 1. The lowest BCUT2D eigenvalue weighted by molar-refractivity contribution is -0.119. The molecule has 0 spiro atoms. The molecule has 0 radical (unpaired) electrons. The van der Waals surface area contributed by atoms with Crippen molar-refractivity contribution in [3.63, 3.8) is 0 Å². The number of benzene rings is 4. The molecule has 4 aromatic carbocycles. The van der Waals surface area contributed by atoms with Gasteiger partial charge in [0.05, 0.1) is 10.6 Å². The third-order valence-corrected chi connectivity index (χ3v) is 7.32. The maximum absolute atomic E-state index is 13.5. The van der Waals surface area contributed by atoms with E-state index >= 15 is 0 Å². The number of hydrogen-bond acceptors (Lipinski definition) is 4. The second-order valence-electron chi connectivity index (χ2n) is 8.28. The lowest BCUT2D eigenvalue weighted by atomic mass is 10.2. The van der Waals surface area contributed by atoms with Crippen LogP contribution in [0.2, 0.25) is 0 Å². The first kappa shape index (κ1) is 26.7. The van der Waals surface area contributed by atoms with Crippen LogP contribution in [0.15, 0.2) is 102 Å². The van der Waals surface area contributed by atoms with E-state index in [0.29, 0.717) is 5.75 Å². The Kier molecular flexibility index (Phi) is 8.32. The van der Waals surface area contributed by atoms with Crippen LogP contribution in [-0.4, -0.2) is 20.9 Å². The van der Waals surface area contributed by atoms with Crippen LogP contribution < -0.4 is 14.4 Å². The molecular formula is C28H23F3N2O4S. The normalized spacial score (nSPS) is 11.1. The maximum atomic E-state index is 13.5. The molecule has 4 aromatic rings. The van der Waals surface area contributed by atoms with E-state index in [2.05, 4.69) is 5.32 Å². The third kappa shape index (κ3) is 6.92. The van der Waals surface area contributed by atoms with Gasteiger partial charge in [-0.15, -0.1) is 0 Å². The maximum Gasteiger partial charge on any atom is 0.264 e. The molecule has 0 bridgehead atoms. The molecule has 4 rings (SSSR count). The fraction of sp³-hybridized carbons (Fsp3) is 0.107. The zero-order valence-electron chi connectivity index (χ0n) is 20.0. The third-order valence-electron chi connectivity index (χ3n) is 5.54. The first-order valence-corrected chi connectivity index (χ1v) is 12.9. The fourth-order valence-corrected chi connectivity index (χ4v) is 4.91. The molecule has 0 heterocycles. The topological polar surface area (TPSA) is 75.7 Å². The Morgan fingerprint density at radius 3 is 1.79 bits per heavy atom. The van der Waals surface area contributed by atoms with Crippen LogP contribution in [0.25, 0.3) is 0 Å². The van der Waals surface area contributed by atoms with Gasteiger partial charge in [-0.3, -0.25) is 9.10 Å². The molecule has 1 N–H and O–H groups in total. The van der Waals surface area contributed by atoms with E-state index < -0.39 is 34.1 Å². The Labute approximate surface area is 218 Å². The molecular weight excluding hydrogens is 517 g/mol. The SMILES string of the molecule is O=C(CN(c1ccc(F)cc1)S(=O)(=O)c1ccc(F)cc1)NCc1ccc(OCc2ccc(F)cc2)cc1. The number of ether oxygens (including phenoxy) is 1. The molecule has 0 aliphatic rings. The molecule has 0 aliphatic heterocycles. The zero-order valence-corrected chi connectivity index (χ0v) is 20.8. The quantitative estimate of drug-likeness (QED) is 0.300. The highest BCUT2D eigenvalue weighted by molar-refractivity contribution is 7.92. The largest absolute Gasteiger partial charge is 0.489 e. The van der Waals surface area contributed by atoms with Crippen LogP contribution in [0, 0.1) is 17.5 Å². The van der Waals surface area contributed by atoms with Crippen LogP contribution in [0.3, 0.4) is 0 Å². The summed E-state index contributed by atoms with van der Waals surface area (Å²) in [6.07, 6.45) is 0.